The molecule has 30 heavy (non-hydrogen) atoms. The lowest BCUT2D eigenvalue weighted by Crippen LogP contribution is -2.54. The molecule has 0 bridgehead atoms. The fourth-order valence-corrected chi connectivity index (χ4v) is 9.79. The molecule has 4 aliphatic carbocycles. The summed E-state index contributed by atoms with van der Waals surface area (Å²) in [5, 5.41) is 19.7. The van der Waals surface area contributed by atoms with Crippen molar-refractivity contribution in [1.82, 2.24) is 0 Å². The summed E-state index contributed by atoms with van der Waals surface area (Å²) in [5.74, 6) is 5.13. The number of aliphatic hydroxyl groups excluding tert-OH is 2. The van der Waals surface area contributed by atoms with Gasteiger partial charge in [0.15, 0.2) is 0 Å². The van der Waals surface area contributed by atoms with Crippen LogP contribution in [0.4, 0.5) is 0 Å². The quantitative estimate of drug-likeness (QED) is 0.640. The molecule has 0 aromatic carbocycles. The van der Waals surface area contributed by atoms with Crippen LogP contribution >= 0.6 is 0 Å². The second-order valence-electron chi connectivity index (χ2n) is 12.8. The summed E-state index contributed by atoms with van der Waals surface area (Å²) in [7, 11) is 0. The first-order valence-corrected chi connectivity index (χ1v) is 13.2. The van der Waals surface area contributed by atoms with E-state index < -0.39 is 0 Å². The van der Waals surface area contributed by atoms with Crippen molar-refractivity contribution in [3.63, 3.8) is 0 Å². The Morgan fingerprint density at radius 1 is 1.00 bits per heavy atom. The molecule has 0 radical (unpaired) electrons. The fraction of sp³-hybridized carbons (Fsp3) is 1.00. The van der Waals surface area contributed by atoms with Crippen molar-refractivity contribution in [3.8, 4) is 0 Å². The van der Waals surface area contributed by atoms with Gasteiger partial charge in [-0.25, -0.2) is 0 Å². The number of hydrogen-bond acceptors (Lipinski definition) is 3. The summed E-state index contributed by atoms with van der Waals surface area (Å²) < 4.78 is 6.76. The largest absolute Gasteiger partial charge is 0.396 e. The lowest BCUT2D eigenvalue weighted by molar-refractivity contribution is -0.130. The minimum Gasteiger partial charge on any atom is -0.396 e. The third-order valence-electron chi connectivity index (χ3n) is 11.5. The van der Waals surface area contributed by atoms with Gasteiger partial charge in [0.1, 0.15) is 0 Å². The molecule has 3 unspecified atom stereocenters. The van der Waals surface area contributed by atoms with E-state index in [1.807, 2.05) is 0 Å². The Morgan fingerprint density at radius 3 is 2.53 bits per heavy atom. The topological polar surface area (TPSA) is 49.7 Å². The van der Waals surface area contributed by atoms with Gasteiger partial charge in [0, 0.05) is 6.61 Å². The van der Waals surface area contributed by atoms with Crippen LogP contribution in [0, 0.1) is 52.3 Å². The van der Waals surface area contributed by atoms with E-state index in [4.69, 9.17) is 4.74 Å². The second kappa shape index (κ2) is 7.73. The van der Waals surface area contributed by atoms with E-state index in [0.717, 1.165) is 55.3 Å². The molecule has 3 heteroatoms. The van der Waals surface area contributed by atoms with E-state index in [9.17, 15) is 10.2 Å². The predicted octanol–water partition coefficient (Wildman–Crippen LogP) is 5.43. The minimum absolute atomic E-state index is 0.0425. The minimum atomic E-state index is -0.0425. The molecule has 1 heterocycles. The lowest BCUT2D eigenvalue weighted by atomic mass is 9.44. The first-order chi connectivity index (χ1) is 14.3. The normalized spacial score (nSPS) is 56.0. The van der Waals surface area contributed by atoms with E-state index in [-0.39, 0.29) is 6.10 Å². The SMILES string of the molecule is C[C@H](CO)CCC1OC2C[C@H]3[C@@H]4CC[C@@H]5C[C@H](O)CC[C@]5(C)[C@H]4CC[C@]3(C)C2[C@@H]1C. The summed E-state index contributed by atoms with van der Waals surface area (Å²) in [5.41, 5.74) is 0.927. The highest BCUT2D eigenvalue weighted by Gasteiger charge is 2.65. The highest BCUT2D eigenvalue weighted by Crippen LogP contribution is 2.70. The molecule has 1 saturated heterocycles. The van der Waals surface area contributed by atoms with Crippen LogP contribution in [0.3, 0.4) is 0 Å². The van der Waals surface area contributed by atoms with Crippen molar-refractivity contribution in [2.24, 2.45) is 52.3 Å². The van der Waals surface area contributed by atoms with Gasteiger partial charge < -0.3 is 14.9 Å². The summed E-state index contributed by atoms with van der Waals surface area (Å²) in [6.45, 7) is 10.2. The van der Waals surface area contributed by atoms with E-state index in [2.05, 4.69) is 27.7 Å². The van der Waals surface area contributed by atoms with E-state index >= 15 is 0 Å². The van der Waals surface area contributed by atoms with Crippen molar-refractivity contribution in [2.75, 3.05) is 6.61 Å². The van der Waals surface area contributed by atoms with Crippen LogP contribution in [-0.4, -0.2) is 35.1 Å². The van der Waals surface area contributed by atoms with Crippen molar-refractivity contribution in [1.29, 1.82) is 0 Å². The summed E-state index contributed by atoms with van der Waals surface area (Å²) in [6.07, 6.45) is 13.2. The molecule has 172 valence electrons. The molecule has 5 fully saturated rings. The van der Waals surface area contributed by atoms with E-state index in [1.54, 1.807) is 0 Å². The molecule has 1 aliphatic heterocycles. The van der Waals surface area contributed by atoms with Gasteiger partial charge in [-0.15, -0.1) is 0 Å². The van der Waals surface area contributed by atoms with Crippen molar-refractivity contribution in [2.45, 2.75) is 110 Å². The molecule has 0 spiro atoms. The Balaban J connectivity index is 1.32. The maximum Gasteiger partial charge on any atom is 0.0618 e. The summed E-state index contributed by atoms with van der Waals surface area (Å²) in [4.78, 5) is 0. The third kappa shape index (κ3) is 3.16. The van der Waals surface area contributed by atoms with Crippen LogP contribution in [0.5, 0.6) is 0 Å². The van der Waals surface area contributed by atoms with Crippen LogP contribution < -0.4 is 0 Å². The Hall–Kier alpha value is -0.120. The first-order valence-electron chi connectivity index (χ1n) is 13.2. The molecular formula is C27H46O3. The summed E-state index contributed by atoms with van der Waals surface area (Å²) >= 11 is 0. The molecule has 0 aromatic heterocycles. The zero-order valence-electron chi connectivity index (χ0n) is 19.9. The number of hydrogen-bond donors (Lipinski definition) is 2. The van der Waals surface area contributed by atoms with Gasteiger partial charge in [-0.3, -0.25) is 0 Å². The maximum atomic E-state index is 10.3. The molecule has 5 rings (SSSR count). The lowest BCUT2D eigenvalue weighted by Gasteiger charge is -2.61. The van der Waals surface area contributed by atoms with Gasteiger partial charge in [-0.05, 0) is 116 Å². The molecule has 5 aliphatic rings. The monoisotopic (exact) mass is 418 g/mol. The smallest absolute Gasteiger partial charge is 0.0618 e. The number of fused-ring (bicyclic) bond motifs is 7. The van der Waals surface area contributed by atoms with Gasteiger partial charge in [0.2, 0.25) is 0 Å². The molecule has 0 aromatic rings. The van der Waals surface area contributed by atoms with Crippen LogP contribution in [0.2, 0.25) is 0 Å². The van der Waals surface area contributed by atoms with Crippen LogP contribution in [-0.2, 0) is 4.74 Å². The zero-order valence-corrected chi connectivity index (χ0v) is 19.9. The molecule has 12 atom stereocenters. The molecule has 3 nitrogen and oxygen atoms in total. The van der Waals surface area contributed by atoms with Gasteiger partial charge in [0.25, 0.3) is 0 Å². The second-order valence-corrected chi connectivity index (χ2v) is 12.8. The first kappa shape index (κ1) is 21.7. The van der Waals surface area contributed by atoms with Crippen molar-refractivity contribution in [3.05, 3.63) is 0 Å². The Labute approximate surface area is 184 Å². The summed E-state index contributed by atoms with van der Waals surface area (Å²) in [6, 6.07) is 0. The van der Waals surface area contributed by atoms with E-state index in [1.165, 1.54) is 38.5 Å². The van der Waals surface area contributed by atoms with Crippen molar-refractivity contribution < 1.29 is 14.9 Å². The number of ether oxygens (including phenoxy) is 1. The van der Waals surface area contributed by atoms with E-state index in [0.29, 0.717) is 41.5 Å². The molecule has 0 amide bonds. The number of rotatable bonds is 4. The average Bonchev–Trinajstić information content (AvgIpc) is 3.20. The predicted molar refractivity (Wildman–Crippen MR) is 120 cm³/mol. The van der Waals surface area contributed by atoms with Crippen molar-refractivity contribution >= 4 is 0 Å². The van der Waals surface area contributed by atoms with Gasteiger partial charge >= 0.3 is 0 Å². The fourth-order valence-electron chi connectivity index (χ4n) is 9.79. The molecule has 2 N–H and O–H groups in total. The van der Waals surface area contributed by atoms with Gasteiger partial charge in [-0.1, -0.05) is 27.7 Å². The third-order valence-corrected chi connectivity index (χ3v) is 11.5. The molecule has 4 saturated carbocycles. The Bertz CT molecular complexity index is 636. The van der Waals surface area contributed by atoms with Crippen LogP contribution in [0.1, 0.15) is 91.9 Å². The van der Waals surface area contributed by atoms with Gasteiger partial charge in [-0.2, -0.15) is 0 Å². The average molecular weight is 419 g/mol. The highest BCUT2D eigenvalue weighted by molar-refractivity contribution is 5.14. The molecular weight excluding hydrogens is 372 g/mol. The number of aliphatic hydroxyl groups is 2. The highest BCUT2D eigenvalue weighted by atomic mass is 16.5. The maximum absolute atomic E-state index is 10.3. The Kier molecular flexibility index (Phi) is 5.60. The van der Waals surface area contributed by atoms with Gasteiger partial charge in [0.05, 0.1) is 18.3 Å². The van der Waals surface area contributed by atoms with Crippen LogP contribution in [0.25, 0.3) is 0 Å². The zero-order chi connectivity index (χ0) is 21.3. The van der Waals surface area contributed by atoms with Crippen LogP contribution in [0.15, 0.2) is 0 Å². The standard InChI is InChI=1S/C27H46O3/c1-16(15-28)5-8-23-17(2)25-24(30-23)14-22-20-7-6-18-13-19(29)9-11-26(18,3)21(20)10-12-27(22,25)4/h16-25,28-29H,5-15H2,1-4H3/t16-,17+,18+,19+,20+,21-,22-,23?,24?,25?,26-,27-/m0/s1. The Morgan fingerprint density at radius 2 is 1.77 bits per heavy atom.